The van der Waals surface area contributed by atoms with Gasteiger partial charge >= 0.3 is 0 Å². The first-order valence-electron chi connectivity index (χ1n) is 7.19. The molecule has 0 aromatic carbocycles. The van der Waals surface area contributed by atoms with Crippen LogP contribution in [-0.4, -0.2) is 34.6 Å². The van der Waals surface area contributed by atoms with Gasteiger partial charge in [0.2, 0.25) is 0 Å². The molecule has 1 saturated heterocycles. The summed E-state index contributed by atoms with van der Waals surface area (Å²) >= 11 is 0. The fraction of sp³-hybridized carbons (Fsp3) is 0.312. The highest BCUT2D eigenvalue weighted by Gasteiger charge is 2.25. The van der Waals surface area contributed by atoms with Crippen molar-refractivity contribution in [3.05, 3.63) is 48.0 Å². The third kappa shape index (κ3) is 2.79. The van der Waals surface area contributed by atoms with Gasteiger partial charge in [-0.05, 0) is 24.6 Å². The van der Waals surface area contributed by atoms with Gasteiger partial charge in [-0.25, -0.2) is 0 Å². The lowest BCUT2D eigenvalue weighted by atomic mass is 10.2. The third-order valence-corrected chi connectivity index (χ3v) is 3.90. The molecule has 112 valence electrons. The average molecular weight is 295 g/mol. The van der Waals surface area contributed by atoms with E-state index in [1.54, 1.807) is 30.1 Å². The summed E-state index contributed by atoms with van der Waals surface area (Å²) in [6.45, 7) is 1.67. The lowest BCUT2D eigenvalue weighted by Crippen LogP contribution is -2.37. The maximum absolute atomic E-state index is 12.3. The molecule has 6 nitrogen and oxygen atoms in total. The quantitative estimate of drug-likeness (QED) is 0.926. The molecule has 0 radical (unpaired) electrons. The molecule has 1 amide bonds. The first kappa shape index (κ1) is 14.1. The lowest BCUT2D eigenvalue weighted by Gasteiger charge is -2.18. The number of aromatic nitrogens is 2. The molecule has 22 heavy (non-hydrogen) atoms. The van der Waals surface area contributed by atoms with E-state index in [2.05, 4.69) is 15.2 Å². The SMILES string of the molecule is Cn1cc(C#N)cc1C(=O)NC1CCN(c2cccnc2)C1. The Hall–Kier alpha value is -2.81. The van der Waals surface area contributed by atoms with Crippen LogP contribution >= 0.6 is 0 Å². The van der Waals surface area contributed by atoms with Gasteiger partial charge in [0.25, 0.3) is 5.91 Å². The molecule has 1 aliphatic rings. The molecule has 1 aliphatic heterocycles. The van der Waals surface area contributed by atoms with Gasteiger partial charge in [0.15, 0.2) is 0 Å². The van der Waals surface area contributed by atoms with E-state index in [-0.39, 0.29) is 11.9 Å². The first-order valence-corrected chi connectivity index (χ1v) is 7.19. The Morgan fingerprint density at radius 2 is 2.41 bits per heavy atom. The van der Waals surface area contributed by atoms with Crippen LogP contribution in [0, 0.1) is 11.3 Å². The maximum atomic E-state index is 12.3. The van der Waals surface area contributed by atoms with Crippen LogP contribution in [0.5, 0.6) is 0 Å². The van der Waals surface area contributed by atoms with Crippen molar-refractivity contribution in [2.45, 2.75) is 12.5 Å². The van der Waals surface area contributed by atoms with Crippen molar-refractivity contribution in [1.82, 2.24) is 14.9 Å². The third-order valence-electron chi connectivity index (χ3n) is 3.90. The lowest BCUT2D eigenvalue weighted by molar-refractivity contribution is 0.0932. The molecule has 1 fully saturated rings. The molecular formula is C16H17N5O. The number of carbonyl (C=O) groups is 1. The van der Waals surface area contributed by atoms with E-state index in [0.29, 0.717) is 11.3 Å². The second kappa shape index (κ2) is 5.90. The fourth-order valence-corrected chi connectivity index (χ4v) is 2.76. The predicted octanol–water partition coefficient (Wildman–Crippen LogP) is 1.30. The molecular weight excluding hydrogens is 278 g/mol. The molecule has 3 heterocycles. The molecule has 0 aliphatic carbocycles. The summed E-state index contributed by atoms with van der Waals surface area (Å²) in [5.41, 5.74) is 2.08. The standard InChI is InChI=1S/C16H17N5O/c1-20-10-12(8-17)7-15(20)16(22)19-13-4-6-21(11-13)14-3-2-5-18-9-14/h2-3,5,7,9-10,13H,4,6,11H2,1H3,(H,19,22). The molecule has 1 atom stereocenters. The molecule has 1 unspecified atom stereocenters. The molecule has 0 spiro atoms. The zero-order valence-corrected chi connectivity index (χ0v) is 12.4. The highest BCUT2D eigenvalue weighted by atomic mass is 16.2. The van der Waals surface area contributed by atoms with E-state index in [9.17, 15) is 4.79 Å². The van der Waals surface area contributed by atoms with Crippen LogP contribution in [-0.2, 0) is 7.05 Å². The Kier molecular flexibility index (Phi) is 3.79. The van der Waals surface area contributed by atoms with E-state index in [4.69, 9.17) is 5.26 Å². The van der Waals surface area contributed by atoms with Gasteiger partial charge in [-0.15, -0.1) is 0 Å². The van der Waals surface area contributed by atoms with Gasteiger partial charge in [-0.2, -0.15) is 5.26 Å². The van der Waals surface area contributed by atoms with Crippen molar-refractivity contribution in [1.29, 1.82) is 5.26 Å². The minimum absolute atomic E-state index is 0.105. The van der Waals surface area contributed by atoms with E-state index in [0.717, 1.165) is 25.2 Å². The smallest absolute Gasteiger partial charge is 0.268 e. The van der Waals surface area contributed by atoms with Crippen LogP contribution in [0.4, 0.5) is 5.69 Å². The summed E-state index contributed by atoms with van der Waals surface area (Å²) in [4.78, 5) is 18.7. The Morgan fingerprint density at radius 3 is 3.09 bits per heavy atom. The molecule has 3 rings (SSSR count). The molecule has 6 heteroatoms. The van der Waals surface area contributed by atoms with Crippen LogP contribution in [0.3, 0.4) is 0 Å². The first-order chi connectivity index (χ1) is 10.7. The number of rotatable bonds is 3. The van der Waals surface area contributed by atoms with E-state index < -0.39 is 0 Å². The molecule has 0 saturated carbocycles. The number of nitrogens with zero attached hydrogens (tertiary/aromatic N) is 4. The van der Waals surface area contributed by atoms with Crippen molar-refractivity contribution in [3.8, 4) is 6.07 Å². The molecule has 1 N–H and O–H groups in total. The number of aryl methyl sites for hydroxylation is 1. The number of hydrogen-bond donors (Lipinski definition) is 1. The maximum Gasteiger partial charge on any atom is 0.268 e. The summed E-state index contributed by atoms with van der Waals surface area (Å²) in [6.07, 6.45) is 6.14. The zero-order valence-electron chi connectivity index (χ0n) is 12.4. The van der Waals surface area contributed by atoms with Crippen molar-refractivity contribution in [2.24, 2.45) is 7.05 Å². The monoisotopic (exact) mass is 295 g/mol. The normalized spacial score (nSPS) is 17.3. The van der Waals surface area contributed by atoms with E-state index >= 15 is 0 Å². The largest absolute Gasteiger partial charge is 0.368 e. The van der Waals surface area contributed by atoms with Gasteiger partial charge < -0.3 is 14.8 Å². The number of pyridine rings is 1. The van der Waals surface area contributed by atoms with Gasteiger partial charge in [0.05, 0.1) is 17.4 Å². The molecule has 2 aromatic heterocycles. The van der Waals surface area contributed by atoms with Crippen molar-refractivity contribution >= 4 is 11.6 Å². The minimum atomic E-state index is -0.137. The van der Waals surface area contributed by atoms with Crippen LogP contribution < -0.4 is 10.2 Å². The van der Waals surface area contributed by atoms with E-state index in [1.807, 2.05) is 24.4 Å². The number of hydrogen-bond acceptors (Lipinski definition) is 4. The average Bonchev–Trinajstić information content (AvgIpc) is 3.14. The van der Waals surface area contributed by atoms with Crippen LogP contribution in [0.15, 0.2) is 36.8 Å². The van der Waals surface area contributed by atoms with E-state index in [1.165, 1.54) is 0 Å². The number of carbonyl (C=O) groups excluding carboxylic acids is 1. The second-order valence-corrected chi connectivity index (χ2v) is 5.45. The van der Waals surface area contributed by atoms with Crippen LogP contribution in [0.25, 0.3) is 0 Å². The topological polar surface area (TPSA) is 74.0 Å². The summed E-state index contributed by atoms with van der Waals surface area (Å²) in [6, 6.07) is 7.70. The summed E-state index contributed by atoms with van der Waals surface area (Å²) in [5.74, 6) is -0.137. The van der Waals surface area contributed by atoms with Crippen LogP contribution in [0.2, 0.25) is 0 Å². The Bertz CT molecular complexity index is 716. The summed E-state index contributed by atoms with van der Waals surface area (Å²) < 4.78 is 1.68. The summed E-state index contributed by atoms with van der Waals surface area (Å²) in [7, 11) is 1.77. The highest BCUT2D eigenvalue weighted by molar-refractivity contribution is 5.93. The number of amides is 1. The van der Waals surface area contributed by atoms with Crippen molar-refractivity contribution < 1.29 is 4.79 Å². The minimum Gasteiger partial charge on any atom is -0.368 e. The molecule has 2 aromatic rings. The Balaban J connectivity index is 1.64. The number of nitriles is 1. The van der Waals surface area contributed by atoms with Crippen LogP contribution in [0.1, 0.15) is 22.5 Å². The number of nitrogens with one attached hydrogen (secondary N) is 1. The predicted molar refractivity (Wildman–Crippen MR) is 82.4 cm³/mol. The Labute approximate surface area is 129 Å². The fourth-order valence-electron chi connectivity index (χ4n) is 2.76. The second-order valence-electron chi connectivity index (χ2n) is 5.45. The Morgan fingerprint density at radius 1 is 1.55 bits per heavy atom. The molecule has 0 bridgehead atoms. The van der Waals surface area contributed by atoms with Gasteiger partial charge in [0.1, 0.15) is 11.8 Å². The highest BCUT2D eigenvalue weighted by Crippen LogP contribution is 2.19. The summed E-state index contributed by atoms with van der Waals surface area (Å²) in [5, 5.41) is 11.9. The van der Waals surface area contributed by atoms with Gasteiger partial charge in [-0.3, -0.25) is 9.78 Å². The zero-order chi connectivity index (χ0) is 15.5. The van der Waals surface area contributed by atoms with Crippen molar-refractivity contribution in [2.75, 3.05) is 18.0 Å². The van der Waals surface area contributed by atoms with Gasteiger partial charge in [-0.1, -0.05) is 0 Å². The number of anilines is 1. The van der Waals surface area contributed by atoms with Crippen molar-refractivity contribution in [3.63, 3.8) is 0 Å². The van der Waals surface area contributed by atoms with Gasteiger partial charge in [0, 0.05) is 38.6 Å².